The maximum atomic E-state index is 12.6. The Balaban J connectivity index is 2.70. The fraction of sp³-hybridized carbons (Fsp3) is 0.545. The molecule has 1 aromatic rings. The minimum Gasteiger partial charge on any atom is -0.478 e. The fourth-order valence-electron chi connectivity index (χ4n) is 1.32. The Morgan fingerprint density at radius 1 is 1.15 bits per heavy atom. The number of anilines is 1. The average Bonchev–Trinajstić information content (AvgIpc) is 2.32. The maximum Gasteiger partial charge on any atom is 0.416 e. The Labute approximate surface area is 110 Å². The maximum absolute atomic E-state index is 12.6. The predicted molar refractivity (Wildman–Crippen MR) is 59.6 cm³/mol. The third-order valence-corrected chi connectivity index (χ3v) is 2.24. The standard InChI is InChI=1S/C11H12F6N2O/c1-18-8-5-7(11(15,16)17)6-9(19-8)20-4-2-3-10(12,13)14/h5-6H,2-4H2,1H3,(H,18,19). The summed E-state index contributed by atoms with van der Waals surface area (Å²) >= 11 is 0. The van der Waals surface area contributed by atoms with Gasteiger partial charge in [-0.15, -0.1) is 0 Å². The smallest absolute Gasteiger partial charge is 0.416 e. The molecule has 0 saturated carbocycles. The number of hydrogen-bond acceptors (Lipinski definition) is 3. The number of nitrogens with one attached hydrogen (secondary N) is 1. The molecule has 9 heteroatoms. The number of nitrogens with zero attached hydrogens (tertiary/aromatic N) is 1. The van der Waals surface area contributed by atoms with E-state index in [1.54, 1.807) is 0 Å². The minimum absolute atomic E-state index is 0.0781. The molecule has 3 nitrogen and oxygen atoms in total. The van der Waals surface area contributed by atoms with E-state index in [0.717, 1.165) is 6.07 Å². The average molecular weight is 302 g/mol. The second kappa shape index (κ2) is 6.19. The van der Waals surface area contributed by atoms with Crippen molar-refractivity contribution in [3.8, 4) is 5.88 Å². The molecule has 114 valence electrons. The van der Waals surface area contributed by atoms with Crippen molar-refractivity contribution in [2.45, 2.75) is 25.2 Å². The Bertz CT molecular complexity index is 444. The summed E-state index contributed by atoms with van der Waals surface area (Å²) in [6.45, 7) is -0.364. The van der Waals surface area contributed by atoms with E-state index >= 15 is 0 Å². The number of ether oxygens (including phenoxy) is 1. The summed E-state index contributed by atoms with van der Waals surface area (Å²) in [4.78, 5) is 3.68. The molecule has 1 heterocycles. The van der Waals surface area contributed by atoms with Crippen LogP contribution in [0.2, 0.25) is 0 Å². The molecule has 1 aromatic heterocycles. The summed E-state index contributed by atoms with van der Waals surface area (Å²) in [6, 6.07) is 1.43. The third kappa shape index (κ3) is 5.54. The van der Waals surface area contributed by atoms with Crippen LogP contribution in [0.3, 0.4) is 0 Å². The van der Waals surface area contributed by atoms with Gasteiger partial charge in [-0.05, 0) is 12.5 Å². The van der Waals surface area contributed by atoms with Crippen LogP contribution in [0.4, 0.5) is 32.2 Å². The first-order valence-corrected chi connectivity index (χ1v) is 5.58. The lowest BCUT2D eigenvalue weighted by molar-refractivity contribution is -0.137. The summed E-state index contributed by atoms with van der Waals surface area (Å²) in [5, 5.41) is 2.42. The molecule has 20 heavy (non-hydrogen) atoms. The van der Waals surface area contributed by atoms with Crippen molar-refractivity contribution in [3.05, 3.63) is 17.7 Å². The molecule has 0 saturated heterocycles. The van der Waals surface area contributed by atoms with Crippen molar-refractivity contribution < 1.29 is 31.1 Å². The van der Waals surface area contributed by atoms with Gasteiger partial charge in [0, 0.05) is 19.5 Å². The minimum atomic E-state index is -4.58. The second-order valence-electron chi connectivity index (χ2n) is 3.89. The summed E-state index contributed by atoms with van der Waals surface area (Å²) in [6.07, 6.45) is -10.3. The monoisotopic (exact) mass is 302 g/mol. The molecule has 0 unspecified atom stereocenters. The molecular weight excluding hydrogens is 290 g/mol. The number of pyridine rings is 1. The lowest BCUT2D eigenvalue weighted by atomic mass is 10.2. The number of hydrogen-bond donors (Lipinski definition) is 1. The predicted octanol–water partition coefficient (Wildman–Crippen LogP) is 3.86. The molecule has 0 bridgehead atoms. The highest BCUT2D eigenvalue weighted by Gasteiger charge is 2.32. The molecular formula is C11H12F6N2O. The number of halogens is 6. The van der Waals surface area contributed by atoms with Gasteiger partial charge < -0.3 is 10.1 Å². The lowest BCUT2D eigenvalue weighted by Gasteiger charge is -2.12. The summed E-state index contributed by atoms with van der Waals surface area (Å²) in [5.41, 5.74) is -0.984. The van der Waals surface area contributed by atoms with E-state index in [0.29, 0.717) is 6.07 Å². The number of alkyl halides is 6. The van der Waals surface area contributed by atoms with Crippen molar-refractivity contribution >= 4 is 5.82 Å². The normalized spacial score (nSPS) is 12.3. The van der Waals surface area contributed by atoms with Crippen molar-refractivity contribution in [2.24, 2.45) is 0 Å². The van der Waals surface area contributed by atoms with Crippen molar-refractivity contribution in [1.29, 1.82) is 0 Å². The van der Waals surface area contributed by atoms with Crippen LogP contribution in [-0.2, 0) is 6.18 Å². The van der Waals surface area contributed by atoms with E-state index in [1.807, 2.05) is 0 Å². The number of rotatable bonds is 5. The van der Waals surface area contributed by atoms with E-state index in [9.17, 15) is 26.3 Å². The molecule has 0 aromatic carbocycles. The molecule has 0 fully saturated rings. The van der Waals surface area contributed by atoms with Crippen molar-refractivity contribution in [3.63, 3.8) is 0 Å². The van der Waals surface area contributed by atoms with Gasteiger partial charge >= 0.3 is 12.4 Å². The van der Waals surface area contributed by atoms with Crippen LogP contribution in [0.5, 0.6) is 5.88 Å². The summed E-state index contributed by atoms with van der Waals surface area (Å²) in [5.74, 6) is -0.447. The van der Waals surface area contributed by atoms with E-state index in [1.165, 1.54) is 7.05 Å². The van der Waals surface area contributed by atoms with Crippen LogP contribution < -0.4 is 10.1 Å². The number of aromatic nitrogens is 1. The van der Waals surface area contributed by atoms with Crippen LogP contribution in [0.25, 0.3) is 0 Å². The highest BCUT2D eigenvalue weighted by molar-refractivity contribution is 5.42. The van der Waals surface area contributed by atoms with E-state index in [4.69, 9.17) is 4.74 Å². The molecule has 0 aliphatic heterocycles. The largest absolute Gasteiger partial charge is 0.478 e. The van der Waals surface area contributed by atoms with Gasteiger partial charge in [0.05, 0.1) is 12.2 Å². The molecule has 1 rings (SSSR count). The molecule has 0 amide bonds. The zero-order valence-corrected chi connectivity index (χ0v) is 10.4. The topological polar surface area (TPSA) is 34.1 Å². The van der Waals surface area contributed by atoms with Gasteiger partial charge in [0.2, 0.25) is 5.88 Å². The van der Waals surface area contributed by atoms with Gasteiger partial charge in [-0.2, -0.15) is 31.3 Å². The molecule has 0 atom stereocenters. The first-order valence-electron chi connectivity index (χ1n) is 5.58. The van der Waals surface area contributed by atoms with Gasteiger partial charge in [0.25, 0.3) is 0 Å². The first-order chi connectivity index (χ1) is 9.12. The third-order valence-electron chi connectivity index (χ3n) is 2.24. The van der Waals surface area contributed by atoms with Gasteiger partial charge in [-0.25, -0.2) is 0 Å². The quantitative estimate of drug-likeness (QED) is 0.662. The van der Waals surface area contributed by atoms with Crippen LogP contribution in [0, 0.1) is 0 Å². The van der Waals surface area contributed by atoms with Crippen molar-refractivity contribution in [1.82, 2.24) is 4.98 Å². The molecule has 0 aliphatic rings. The summed E-state index contributed by atoms with van der Waals surface area (Å²) in [7, 11) is 1.37. The van der Waals surface area contributed by atoms with Crippen LogP contribution in [0.15, 0.2) is 12.1 Å². The first kappa shape index (κ1) is 16.4. The Kier molecular flexibility index (Phi) is 5.07. The van der Waals surface area contributed by atoms with E-state index in [-0.39, 0.29) is 24.7 Å². The van der Waals surface area contributed by atoms with Gasteiger partial charge in [-0.3, -0.25) is 0 Å². The van der Waals surface area contributed by atoms with Gasteiger partial charge in [0.1, 0.15) is 5.82 Å². The van der Waals surface area contributed by atoms with Gasteiger partial charge in [-0.1, -0.05) is 0 Å². The van der Waals surface area contributed by atoms with Crippen LogP contribution in [-0.4, -0.2) is 24.8 Å². The molecule has 0 spiro atoms. The highest BCUT2D eigenvalue weighted by atomic mass is 19.4. The molecule has 0 aliphatic carbocycles. The van der Waals surface area contributed by atoms with Crippen LogP contribution in [0.1, 0.15) is 18.4 Å². The van der Waals surface area contributed by atoms with Gasteiger partial charge in [0.15, 0.2) is 0 Å². The Hall–Kier alpha value is -1.67. The highest BCUT2D eigenvalue weighted by Crippen LogP contribution is 2.32. The SMILES string of the molecule is CNc1cc(C(F)(F)F)cc(OCCCC(F)(F)F)n1. The fourth-order valence-corrected chi connectivity index (χ4v) is 1.32. The summed E-state index contributed by atoms with van der Waals surface area (Å²) < 4.78 is 78.2. The Morgan fingerprint density at radius 2 is 1.80 bits per heavy atom. The van der Waals surface area contributed by atoms with Crippen LogP contribution >= 0.6 is 0 Å². The molecule has 0 radical (unpaired) electrons. The zero-order valence-electron chi connectivity index (χ0n) is 10.4. The van der Waals surface area contributed by atoms with Crippen molar-refractivity contribution in [2.75, 3.05) is 19.0 Å². The second-order valence-corrected chi connectivity index (χ2v) is 3.89. The Morgan fingerprint density at radius 3 is 2.30 bits per heavy atom. The zero-order chi connectivity index (χ0) is 15.4. The van der Waals surface area contributed by atoms with E-state index in [2.05, 4.69) is 10.3 Å². The van der Waals surface area contributed by atoms with E-state index < -0.39 is 24.3 Å². The lowest BCUT2D eigenvalue weighted by Crippen LogP contribution is -2.11. The molecule has 1 N–H and O–H groups in total.